The van der Waals surface area contributed by atoms with Crippen LogP contribution in [0.3, 0.4) is 0 Å². The Bertz CT molecular complexity index is 683. The predicted octanol–water partition coefficient (Wildman–Crippen LogP) is 1.43. The van der Waals surface area contributed by atoms with Crippen molar-refractivity contribution in [1.82, 2.24) is 14.5 Å². The summed E-state index contributed by atoms with van der Waals surface area (Å²) in [5.41, 5.74) is 0.854. The topological polar surface area (TPSA) is 79.0 Å². The lowest BCUT2D eigenvalue weighted by Crippen LogP contribution is -2.53. The third-order valence-corrected chi connectivity index (χ3v) is 5.91. The number of aryl methyl sites for hydroxylation is 1. The average Bonchev–Trinajstić information content (AvgIpc) is 2.59. The van der Waals surface area contributed by atoms with Gasteiger partial charge in [0.25, 0.3) is 0 Å². The largest absolute Gasteiger partial charge is 0.495 e. The van der Waals surface area contributed by atoms with Gasteiger partial charge in [-0.2, -0.15) is 4.31 Å². The number of carbonyl (C=O) groups excluding carboxylic acids is 1. The zero-order valence-electron chi connectivity index (χ0n) is 14.4. The highest BCUT2D eigenvalue weighted by molar-refractivity contribution is 7.89. The van der Waals surface area contributed by atoms with Gasteiger partial charge in [-0.25, -0.2) is 13.2 Å². The fourth-order valence-corrected chi connectivity index (χ4v) is 4.26. The highest BCUT2D eigenvalue weighted by atomic mass is 32.2. The standard InChI is InChI=1S/C16H25N3O4S/c1-4-7-17-16(20)18-8-10-19(11-9-18)24(21,22)15-12-13(2)5-6-14(15)23-3/h5-6,12H,4,7-11H2,1-3H3,(H,17,20). The predicted molar refractivity (Wildman–Crippen MR) is 91.8 cm³/mol. The maximum atomic E-state index is 12.9. The summed E-state index contributed by atoms with van der Waals surface area (Å²) < 4.78 is 32.4. The Hall–Kier alpha value is -1.80. The molecule has 2 rings (SSSR count). The molecular formula is C16H25N3O4S. The van der Waals surface area contributed by atoms with Gasteiger partial charge in [-0.3, -0.25) is 0 Å². The molecule has 0 aromatic heterocycles. The second kappa shape index (κ2) is 7.85. The molecule has 1 aromatic rings. The summed E-state index contributed by atoms with van der Waals surface area (Å²) in [5, 5.41) is 2.81. The number of ether oxygens (including phenoxy) is 1. The van der Waals surface area contributed by atoms with Crippen molar-refractivity contribution < 1.29 is 17.9 Å². The number of urea groups is 1. The number of rotatable bonds is 5. The van der Waals surface area contributed by atoms with Crippen LogP contribution in [0.5, 0.6) is 5.75 Å². The summed E-state index contributed by atoms with van der Waals surface area (Å²) in [6, 6.07) is 4.96. The first-order valence-corrected chi connectivity index (χ1v) is 9.51. The summed E-state index contributed by atoms with van der Waals surface area (Å²) >= 11 is 0. The van der Waals surface area contributed by atoms with Crippen LogP contribution in [0, 0.1) is 6.92 Å². The SMILES string of the molecule is CCCNC(=O)N1CCN(S(=O)(=O)c2cc(C)ccc2OC)CC1. The molecule has 0 unspecified atom stereocenters. The van der Waals surface area contributed by atoms with Gasteiger partial charge >= 0.3 is 6.03 Å². The van der Waals surface area contributed by atoms with E-state index in [4.69, 9.17) is 4.74 Å². The number of piperazine rings is 1. The molecule has 8 heteroatoms. The van der Waals surface area contributed by atoms with Crippen LogP contribution in [-0.4, -0.2) is 63.5 Å². The van der Waals surface area contributed by atoms with Gasteiger partial charge in [0.15, 0.2) is 0 Å². The maximum Gasteiger partial charge on any atom is 0.317 e. The number of benzene rings is 1. The van der Waals surface area contributed by atoms with Crippen LogP contribution in [0.25, 0.3) is 0 Å². The van der Waals surface area contributed by atoms with E-state index in [-0.39, 0.29) is 24.0 Å². The Morgan fingerprint density at radius 3 is 2.50 bits per heavy atom. The van der Waals surface area contributed by atoms with Gasteiger partial charge < -0.3 is 15.0 Å². The first kappa shape index (κ1) is 18.5. The second-order valence-corrected chi connectivity index (χ2v) is 7.68. The fourth-order valence-electron chi connectivity index (χ4n) is 2.60. The van der Waals surface area contributed by atoms with Crippen molar-refractivity contribution in [2.75, 3.05) is 39.8 Å². The number of carbonyl (C=O) groups is 1. The van der Waals surface area contributed by atoms with Crippen LogP contribution in [0.4, 0.5) is 4.79 Å². The van der Waals surface area contributed by atoms with Crippen molar-refractivity contribution in [3.63, 3.8) is 0 Å². The molecule has 1 N–H and O–H groups in total. The summed E-state index contributed by atoms with van der Waals surface area (Å²) in [7, 11) is -2.19. The number of sulfonamides is 1. The molecule has 0 atom stereocenters. The molecule has 1 aliphatic rings. The van der Waals surface area contributed by atoms with Crippen molar-refractivity contribution in [3.8, 4) is 5.75 Å². The Balaban J connectivity index is 2.10. The summed E-state index contributed by atoms with van der Waals surface area (Å²) in [6.07, 6.45) is 0.868. The van der Waals surface area contributed by atoms with Gasteiger partial charge in [0.1, 0.15) is 10.6 Å². The quantitative estimate of drug-likeness (QED) is 0.867. The van der Waals surface area contributed by atoms with Gasteiger partial charge in [0.05, 0.1) is 7.11 Å². The molecule has 0 aliphatic carbocycles. The van der Waals surface area contributed by atoms with Crippen molar-refractivity contribution in [2.45, 2.75) is 25.2 Å². The average molecular weight is 355 g/mol. The van der Waals surface area contributed by atoms with E-state index in [0.29, 0.717) is 25.4 Å². The van der Waals surface area contributed by atoms with Crippen LogP contribution < -0.4 is 10.1 Å². The van der Waals surface area contributed by atoms with Gasteiger partial charge in [-0.15, -0.1) is 0 Å². The third-order valence-electron chi connectivity index (χ3n) is 3.99. The highest BCUT2D eigenvalue weighted by Crippen LogP contribution is 2.28. The Morgan fingerprint density at radius 2 is 1.92 bits per heavy atom. The molecule has 1 saturated heterocycles. The monoisotopic (exact) mass is 355 g/mol. The molecule has 0 spiro atoms. The second-order valence-electron chi connectivity index (χ2n) is 5.78. The van der Waals surface area contributed by atoms with E-state index in [1.54, 1.807) is 17.0 Å². The third kappa shape index (κ3) is 3.99. The molecule has 1 aromatic carbocycles. The minimum Gasteiger partial charge on any atom is -0.495 e. The minimum atomic E-state index is -3.64. The molecule has 7 nitrogen and oxygen atoms in total. The summed E-state index contributed by atoms with van der Waals surface area (Å²) in [6.45, 7) is 5.76. The van der Waals surface area contributed by atoms with E-state index < -0.39 is 10.0 Å². The first-order valence-electron chi connectivity index (χ1n) is 8.07. The van der Waals surface area contributed by atoms with E-state index in [9.17, 15) is 13.2 Å². The Labute approximate surface area is 143 Å². The minimum absolute atomic E-state index is 0.137. The zero-order chi connectivity index (χ0) is 17.7. The van der Waals surface area contributed by atoms with E-state index in [2.05, 4.69) is 5.32 Å². The molecule has 1 heterocycles. The van der Waals surface area contributed by atoms with E-state index in [1.165, 1.54) is 11.4 Å². The van der Waals surface area contributed by atoms with E-state index in [1.807, 2.05) is 19.9 Å². The van der Waals surface area contributed by atoms with Gasteiger partial charge in [0.2, 0.25) is 10.0 Å². The van der Waals surface area contributed by atoms with Crippen molar-refractivity contribution >= 4 is 16.1 Å². The van der Waals surface area contributed by atoms with Crippen LogP contribution >= 0.6 is 0 Å². The molecule has 0 saturated carbocycles. The number of nitrogens with one attached hydrogen (secondary N) is 1. The molecule has 1 aliphatic heterocycles. The fraction of sp³-hybridized carbons (Fsp3) is 0.562. The van der Waals surface area contributed by atoms with Crippen LogP contribution in [-0.2, 0) is 10.0 Å². The zero-order valence-corrected chi connectivity index (χ0v) is 15.2. The van der Waals surface area contributed by atoms with E-state index >= 15 is 0 Å². The lowest BCUT2D eigenvalue weighted by Gasteiger charge is -2.34. The smallest absolute Gasteiger partial charge is 0.317 e. The van der Waals surface area contributed by atoms with Gasteiger partial charge in [-0.1, -0.05) is 13.0 Å². The maximum absolute atomic E-state index is 12.9. The van der Waals surface area contributed by atoms with Gasteiger partial charge in [-0.05, 0) is 31.0 Å². The summed E-state index contributed by atoms with van der Waals surface area (Å²) in [5.74, 6) is 0.337. The van der Waals surface area contributed by atoms with E-state index in [0.717, 1.165) is 12.0 Å². The molecule has 1 fully saturated rings. The lowest BCUT2D eigenvalue weighted by molar-refractivity contribution is 0.172. The molecule has 134 valence electrons. The summed E-state index contributed by atoms with van der Waals surface area (Å²) in [4.78, 5) is 13.8. The van der Waals surface area contributed by atoms with Crippen LogP contribution in [0.1, 0.15) is 18.9 Å². The molecule has 2 amide bonds. The Morgan fingerprint density at radius 1 is 1.25 bits per heavy atom. The molecular weight excluding hydrogens is 330 g/mol. The number of methoxy groups -OCH3 is 1. The van der Waals surface area contributed by atoms with Crippen LogP contribution in [0.2, 0.25) is 0 Å². The first-order chi connectivity index (χ1) is 11.4. The molecule has 0 radical (unpaired) electrons. The number of hydrogen-bond acceptors (Lipinski definition) is 4. The number of amides is 2. The Kier molecular flexibility index (Phi) is 6.06. The van der Waals surface area contributed by atoms with Crippen LogP contribution in [0.15, 0.2) is 23.1 Å². The molecule has 24 heavy (non-hydrogen) atoms. The molecule has 0 bridgehead atoms. The normalized spacial score (nSPS) is 16.0. The van der Waals surface area contributed by atoms with Crippen molar-refractivity contribution in [2.24, 2.45) is 0 Å². The van der Waals surface area contributed by atoms with Gasteiger partial charge in [0, 0.05) is 32.7 Å². The highest BCUT2D eigenvalue weighted by Gasteiger charge is 2.32. The number of nitrogens with zero attached hydrogens (tertiary/aromatic N) is 2. The number of hydrogen-bond donors (Lipinski definition) is 1. The lowest BCUT2D eigenvalue weighted by atomic mass is 10.2. The van der Waals surface area contributed by atoms with Crippen molar-refractivity contribution in [1.29, 1.82) is 0 Å². The van der Waals surface area contributed by atoms with Crippen molar-refractivity contribution in [3.05, 3.63) is 23.8 Å².